The van der Waals surface area contributed by atoms with E-state index >= 15 is 0 Å². The standard InChI is InChI=1S/C14H21N5O2S/c1-14(2)9-19(6-10(21-14)8-20-3)7-11-4-5-12(22-11)13-15-17-18-16-13/h4-5,10H,6-9H2,1-3H3,(H,15,16,17,18)/t10-/m0/s1. The van der Waals surface area contributed by atoms with Crippen molar-refractivity contribution >= 4 is 11.3 Å². The van der Waals surface area contributed by atoms with Crippen molar-refractivity contribution in [1.82, 2.24) is 25.5 Å². The molecule has 7 nitrogen and oxygen atoms in total. The monoisotopic (exact) mass is 323 g/mol. The topological polar surface area (TPSA) is 76.2 Å². The van der Waals surface area contributed by atoms with Gasteiger partial charge in [-0.1, -0.05) is 0 Å². The summed E-state index contributed by atoms with van der Waals surface area (Å²) in [6.07, 6.45) is 0.116. The van der Waals surface area contributed by atoms with Crippen LogP contribution in [0.25, 0.3) is 10.7 Å². The number of thiophene rings is 1. The van der Waals surface area contributed by atoms with Crippen molar-refractivity contribution in [2.24, 2.45) is 0 Å². The highest BCUT2D eigenvalue weighted by Crippen LogP contribution is 2.28. The first kappa shape index (κ1) is 15.5. The number of H-pyrrole nitrogens is 1. The number of aromatic amines is 1. The van der Waals surface area contributed by atoms with E-state index in [9.17, 15) is 0 Å². The first-order valence-electron chi connectivity index (χ1n) is 7.27. The average Bonchev–Trinajstić information content (AvgIpc) is 3.07. The Labute approximate surface area is 133 Å². The van der Waals surface area contributed by atoms with Gasteiger partial charge in [-0.25, -0.2) is 0 Å². The molecule has 3 rings (SSSR count). The molecule has 0 aliphatic carbocycles. The van der Waals surface area contributed by atoms with Crippen molar-refractivity contribution in [3.05, 3.63) is 17.0 Å². The summed E-state index contributed by atoms with van der Waals surface area (Å²) >= 11 is 1.70. The van der Waals surface area contributed by atoms with Crippen LogP contribution >= 0.6 is 11.3 Å². The van der Waals surface area contributed by atoms with Crippen LogP contribution in [0.4, 0.5) is 0 Å². The highest BCUT2D eigenvalue weighted by molar-refractivity contribution is 7.15. The zero-order chi connectivity index (χ0) is 15.6. The third kappa shape index (κ3) is 3.70. The molecule has 0 radical (unpaired) electrons. The van der Waals surface area contributed by atoms with Gasteiger partial charge in [0.2, 0.25) is 5.82 Å². The van der Waals surface area contributed by atoms with Gasteiger partial charge in [-0.05, 0) is 31.2 Å². The Morgan fingerprint density at radius 3 is 3.09 bits per heavy atom. The van der Waals surface area contributed by atoms with Gasteiger partial charge in [0.15, 0.2) is 0 Å². The van der Waals surface area contributed by atoms with Crippen LogP contribution in [0.2, 0.25) is 0 Å². The Morgan fingerprint density at radius 1 is 1.50 bits per heavy atom. The maximum Gasteiger partial charge on any atom is 0.214 e. The van der Waals surface area contributed by atoms with Gasteiger partial charge in [0.25, 0.3) is 0 Å². The summed E-state index contributed by atoms with van der Waals surface area (Å²) in [6.45, 7) is 7.56. The number of nitrogens with zero attached hydrogens (tertiary/aromatic N) is 4. The zero-order valence-corrected chi connectivity index (χ0v) is 13.9. The van der Waals surface area contributed by atoms with E-state index in [1.54, 1.807) is 18.4 Å². The van der Waals surface area contributed by atoms with E-state index < -0.39 is 0 Å². The second kappa shape index (κ2) is 6.41. The van der Waals surface area contributed by atoms with Crippen LogP contribution in [0.1, 0.15) is 18.7 Å². The summed E-state index contributed by atoms with van der Waals surface area (Å²) in [5.41, 5.74) is -0.158. The Morgan fingerprint density at radius 2 is 2.36 bits per heavy atom. The molecule has 0 bridgehead atoms. The highest BCUT2D eigenvalue weighted by Gasteiger charge is 2.33. The van der Waals surface area contributed by atoms with Crippen LogP contribution in [0.3, 0.4) is 0 Å². The molecule has 120 valence electrons. The molecular weight excluding hydrogens is 302 g/mol. The molecule has 0 spiro atoms. The smallest absolute Gasteiger partial charge is 0.214 e. The lowest BCUT2D eigenvalue weighted by Gasteiger charge is -2.42. The van der Waals surface area contributed by atoms with E-state index in [0.29, 0.717) is 12.4 Å². The lowest BCUT2D eigenvalue weighted by molar-refractivity contribution is -0.154. The third-order valence-electron chi connectivity index (χ3n) is 3.51. The molecule has 1 atom stereocenters. The minimum Gasteiger partial charge on any atom is -0.382 e. The number of tetrazole rings is 1. The van der Waals surface area contributed by atoms with Crippen molar-refractivity contribution < 1.29 is 9.47 Å². The second-order valence-electron chi connectivity index (χ2n) is 6.13. The van der Waals surface area contributed by atoms with Crippen LogP contribution in [0.15, 0.2) is 12.1 Å². The number of rotatable bonds is 5. The van der Waals surface area contributed by atoms with Crippen molar-refractivity contribution in [3.63, 3.8) is 0 Å². The molecule has 1 aliphatic rings. The van der Waals surface area contributed by atoms with Crippen molar-refractivity contribution in [2.75, 3.05) is 26.8 Å². The van der Waals surface area contributed by atoms with Gasteiger partial charge in [0, 0.05) is 31.6 Å². The van der Waals surface area contributed by atoms with E-state index in [0.717, 1.165) is 24.5 Å². The SMILES string of the molecule is COC[C@@H]1CN(Cc2ccc(-c3nn[nH]n3)s2)CC(C)(C)O1. The molecule has 1 aliphatic heterocycles. The molecule has 0 aromatic carbocycles. The fraction of sp³-hybridized carbons (Fsp3) is 0.643. The number of ether oxygens (including phenoxy) is 2. The molecular formula is C14H21N5O2S. The molecule has 3 heterocycles. The number of morpholine rings is 1. The molecule has 2 aromatic heterocycles. The highest BCUT2D eigenvalue weighted by atomic mass is 32.1. The number of nitrogens with one attached hydrogen (secondary N) is 1. The third-order valence-corrected chi connectivity index (χ3v) is 4.58. The lowest BCUT2D eigenvalue weighted by atomic mass is 10.1. The Bertz CT molecular complexity index is 598. The van der Waals surface area contributed by atoms with E-state index in [1.165, 1.54) is 4.88 Å². The van der Waals surface area contributed by atoms with Gasteiger partial charge in [0.1, 0.15) is 0 Å². The van der Waals surface area contributed by atoms with E-state index in [4.69, 9.17) is 9.47 Å². The average molecular weight is 323 g/mol. The molecule has 0 amide bonds. The van der Waals surface area contributed by atoms with Crippen molar-refractivity contribution in [1.29, 1.82) is 0 Å². The normalized spacial score (nSPS) is 22.0. The molecule has 0 saturated carbocycles. The first-order chi connectivity index (χ1) is 10.6. The number of aromatic nitrogens is 4. The summed E-state index contributed by atoms with van der Waals surface area (Å²) in [5, 5.41) is 14.1. The van der Waals surface area contributed by atoms with Gasteiger partial charge in [0.05, 0.1) is 23.2 Å². The van der Waals surface area contributed by atoms with E-state index in [-0.39, 0.29) is 11.7 Å². The summed E-state index contributed by atoms with van der Waals surface area (Å²) in [7, 11) is 1.71. The van der Waals surface area contributed by atoms with Crippen molar-refractivity contribution in [3.8, 4) is 10.7 Å². The van der Waals surface area contributed by atoms with Crippen LogP contribution in [-0.4, -0.2) is 64.0 Å². The zero-order valence-electron chi connectivity index (χ0n) is 13.1. The quantitative estimate of drug-likeness (QED) is 0.900. The Kier molecular flexibility index (Phi) is 4.53. The van der Waals surface area contributed by atoms with E-state index in [1.807, 2.05) is 6.07 Å². The minimum atomic E-state index is -0.158. The Balaban J connectivity index is 1.67. The van der Waals surface area contributed by atoms with Gasteiger partial charge in [-0.2, -0.15) is 5.21 Å². The summed E-state index contributed by atoms with van der Waals surface area (Å²) in [5.74, 6) is 0.649. The number of methoxy groups -OCH3 is 1. The fourth-order valence-electron chi connectivity index (χ4n) is 2.88. The van der Waals surface area contributed by atoms with Crippen LogP contribution in [0.5, 0.6) is 0 Å². The van der Waals surface area contributed by atoms with Gasteiger partial charge in [-0.3, -0.25) is 4.90 Å². The lowest BCUT2D eigenvalue weighted by Crippen LogP contribution is -2.53. The number of hydrogen-bond donors (Lipinski definition) is 1. The van der Waals surface area contributed by atoms with Crippen LogP contribution < -0.4 is 0 Å². The van der Waals surface area contributed by atoms with Crippen molar-refractivity contribution in [2.45, 2.75) is 32.1 Å². The molecule has 1 N–H and O–H groups in total. The van der Waals surface area contributed by atoms with Crippen LogP contribution in [-0.2, 0) is 16.0 Å². The largest absolute Gasteiger partial charge is 0.382 e. The summed E-state index contributed by atoms with van der Waals surface area (Å²) in [4.78, 5) is 4.73. The van der Waals surface area contributed by atoms with E-state index in [2.05, 4.69) is 45.4 Å². The summed E-state index contributed by atoms with van der Waals surface area (Å²) < 4.78 is 11.3. The molecule has 1 fully saturated rings. The van der Waals surface area contributed by atoms with Crippen LogP contribution in [0, 0.1) is 0 Å². The summed E-state index contributed by atoms with van der Waals surface area (Å²) in [6, 6.07) is 4.17. The van der Waals surface area contributed by atoms with Gasteiger partial charge >= 0.3 is 0 Å². The predicted octanol–water partition coefficient (Wildman–Crippen LogP) is 1.55. The maximum absolute atomic E-state index is 6.05. The molecule has 0 unspecified atom stereocenters. The molecule has 8 heteroatoms. The molecule has 2 aromatic rings. The molecule has 22 heavy (non-hydrogen) atoms. The predicted molar refractivity (Wildman–Crippen MR) is 83.6 cm³/mol. The number of hydrogen-bond acceptors (Lipinski definition) is 7. The second-order valence-corrected chi connectivity index (χ2v) is 7.29. The fourth-order valence-corrected chi connectivity index (χ4v) is 3.86. The minimum absolute atomic E-state index is 0.116. The molecule has 1 saturated heterocycles. The first-order valence-corrected chi connectivity index (χ1v) is 8.09. The van der Waals surface area contributed by atoms with Gasteiger partial charge in [-0.15, -0.1) is 21.5 Å². The van der Waals surface area contributed by atoms with Gasteiger partial charge < -0.3 is 9.47 Å². The maximum atomic E-state index is 6.05. The Hall–Kier alpha value is -1.35.